The Kier molecular flexibility index (Phi) is 3.05. The van der Waals surface area contributed by atoms with E-state index in [1.165, 1.54) is 11.1 Å². The average molecular weight is 215 g/mol. The molecule has 3 N–H and O–H groups in total. The Morgan fingerprint density at radius 2 is 2.27 bits per heavy atom. The van der Waals surface area contributed by atoms with Crippen molar-refractivity contribution in [1.82, 2.24) is 5.43 Å². The molecule has 0 heterocycles. The summed E-state index contributed by atoms with van der Waals surface area (Å²) >= 11 is 3.45. The smallest absolute Gasteiger partial charge is 0.0349 e. The maximum Gasteiger partial charge on any atom is 0.0349 e. The van der Waals surface area contributed by atoms with Crippen LogP contribution in [0.3, 0.4) is 0 Å². The summed E-state index contributed by atoms with van der Waals surface area (Å²) in [4.78, 5) is 0. The number of benzene rings is 1. The second-order valence-electron chi connectivity index (χ2n) is 2.46. The molecule has 11 heavy (non-hydrogen) atoms. The van der Waals surface area contributed by atoms with Crippen molar-refractivity contribution in [3.63, 3.8) is 0 Å². The molecule has 0 aliphatic heterocycles. The fraction of sp³-hybridized carbons (Fsp3) is 0.250. The maximum absolute atomic E-state index is 5.18. The zero-order valence-electron chi connectivity index (χ0n) is 6.39. The third-order valence-electron chi connectivity index (χ3n) is 1.54. The van der Waals surface area contributed by atoms with Gasteiger partial charge in [-0.25, -0.2) is 0 Å². The van der Waals surface area contributed by atoms with Crippen LogP contribution in [0.25, 0.3) is 0 Å². The predicted octanol–water partition coefficient (Wildman–Crippen LogP) is 1.72. The SMILES string of the molecule is Cc1ccc(CNN)cc1Br. The molecule has 0 saturated carbocycles. The molecule has 0 atom stereocenters. The summed E-state index contributed by atoms with van der Waals surface area (Å²) < 4.78 is 1.13. The van der Waals surface area contributed by atoms with Gasteiger partial charge in [0.15, 0.2) is 0 Å². The van der Waals surface area contributed by atoms with Crippen LogP contribution in [0.1, 0.15) is 11.1 Å². The minimum Gasteiger partial charge on any atom is -0.271 e. The van der Waals surface area contributed by atoms with Crippen LogP contribution in [0.5, 0.6) is 0 Å². The fourth-order valence-corrected chi connectivity index (χ4v) is 1.29. The van der Waals surface area contributed by atoms with Gasteiger partial charge in [0.25, 0.3) is 0 Å². The van der Waals surface area contributed by atoms with Crippen LogP contribution in [0, 0.1) is 6.92 Å². The van der Waals surface area contributed by atoms with Gasteiger partial charge in [0.05, 0.1) is 0 Å². The lowest BCUT2D eigenvalue weighted by Gasteiger charge is -2.02. The summed E-state index contributed by atoms with van der Waals surface area (Å²) in [5.74, 6) is 5.18. The van der Waals surface area contributed by atoms with E-state index in [-0.39, 0.29) is 0 Å². The Morgan fingerprint density at radius 3 is 2.82 bits per heavy atom. The predicted molar refractivity (Wildman–Crippen MR) is 49.9 cm³/mol. The summed E-state index contributed by atoms with van der Waals surface area (Å²) in [7, 11) is 0. The van der Waals surface area contributed by atoms with Crippen molar-refractivity contribution in [2.24, 2.45) is 5.84 Å². The van der Waals surface area contributed by atoms with Gasteiger partial charge in [-0.15, -0.1) is 0 Å². The van der Waals surface area contributed by atoms with Crippen molar-refractivity contribution in [1.29, 1.82) is 0 Å². The van der Waals surface area contributed by atoms with Crippen molar-refractivity contribution >= 4 is 15.9 Å². The quantitative estimate of drug-likeness (QED) is 0.582. The number of hydrazine groups is 1. The highest BCUT2D eigenvalue weighted by molar-refractivity contribution is 9.10. The molecule has 0 unspecified atom stereocenters. The molecule has 0 amide bonds. The molecular formula is C8H11BrN2. The van der Waals surface area contributed by atoms with Gasteiger partial charge < -0.3 is 0 Å². The molecule has 1 rings (SSSR count). The molecule has 0 spiro atoms. The van der Waals surface area contributed by atoms with Crippen molar-refractivity contribution in [3.05, 3.63) is 33.8 Å². The largest absolute Gasteiger partial charge is 0.271 e. The lowest BCUT2D eigenvalue weighted by atomic mass is 10.1. The van der Waals surface area contributed by atoms with E-state index >= 15 is 0 Å². The first-order valence-corrected chi connectivity index (χ1v) is 4.22. The summed E-state index contributed by atoms with van der Waals surface area (Å²) in [5, 5.41) is 0. The first-order chi connectivity index (χ1) is 5.24. The Hall–Kier alpha value is -0.380. The zero-order chi connectivity index (χ0) is 8.27. The normalized spacial score (nSPS) is 10.1. The number of aryl methyl sites for hydroxylation is 1. The van der Waals surface area contributed by atoms with E-state index in [2.05, 4.69) is 46.5 Å². The Balaban J connectivity index is 2.86. The molecule has 0 saturated heterocycles. The Morgan fingerprint density at radius 1 is 1.55 bits per heavy atom. The van der Waals surface area contributed by atoms with Crippen molar-refractivity contribution in [2.45, 2.75) is 13.5 Å². The van der Waals surface area contributed by atoms with Crippen LogP contribution in [0.15, 0.2) is 22.7 Å². The Bertz CT molecular complexity index is 248. The molecule has 0 fully saturated rings. The van der Waals surface area contributed by atoms with Gasteiger partial charge in [-0.1, -0.05) is 28.1 Å². The van der Waals surface area contributed by atoms with Gasteiger partial charge in [0.1, 0.15) is 0 Å². The van der Waals surface area contributed by atoms with E-state index in [1.807, 2.05) is 0 Å². The van der Waals surface area contributed by atoms with E-state index in [0.717, 1.165) is 4.47 Å². The highest BCUT2D eigenvalue weighted by Crippen LogP contribution is 2.16. The van der Waals surface area contributed by atoms with Gasteiger partial charge in [-0.3, -0.25) is 11.3 Å². The van der Waals surface area contributed by atoms with Crippen LogP contribution in [-0.4, -0.2) is 0 Å². The van der Waals surface area contributed by atoms with Crippen LogP contribution < -0.4 is 11.3 Å². The van der Waals surface area contributed by atoms with E-state index in [0.29, 0.717) is 6.54 Å². The number of halogens is 1. The topological polar surface area (TPSA) is 38.0 Å². The molecule has 0 aliphatic carbocycles. The van der Waals surface area contributed by atoms with Crippen LogP contribution >= 0.6 is 15.9 Å². The van der Waals surface area contributed by atoms with E-state index in [9.17, 15) is 0 Å². The molecule has 0 bridgehead atoms. The van der Waals surface area contributed by atoms with Crippen LogP contribution in [0.2, 0.25) is 0 Å². The van der Waals surface area contributed by atoms with E-state index in [4.69, 9.17) is 5.84 Å². The molecule has 1 aromatic carbocycles. The number of nitrogens with two attached hydrogens (primary N) is 1. The van der Waals surface area contributed by atoms with Gasteiger partial charge in [-0.2, -0.15) is 0 Å². The molecule has 2 nitrogen and oxygen atoms in total. The number of nitrogens with one attached hydrogen (secondary N) is 1. The summed E-state index contributed by atoms with van der Waals surface area (Å²) in [5.41, 5.74) is 5.04. The lowest BCUT2D eigenvalue weighted by molar-refractivity contribution is 0.741. The van der Waals surface area contributed by atoms with Gasteiger partial charge in [0.2, 0.25) is 0 Å². The summed E-state index contributed by atoms with van der Waals surface area (Å²) in [6.07, 6.45) is 0. The Labute approximate surface area is 74.9 Å². The van der Waals surface area contributed by atoms with Crippen molar-refractivity contribution in [2.75, 3.05) is 0 Å². The first kappa shape index (κ1) is 8.71. The van der Waals surface area contributed by atoms with Crippen molar-refractivity contribution < 1.29 is 0 Å². The lowest BCUT2D eigenvalue weighted by Crippen LogP contribution is -2.20. The minimum absolute atomic E-state index is 0.707. The second kappa shape index (κ2) is 3.85. The number of hydrogen-bond donors (Lipinski definition) is 2. The molecule has 0 radical (unpaired) electrons. The van der Waals surface area contributed by atoms with Gasteiger partial charge in [-0.05, 0) is 24.1 Å². The fourth-order valence-electron chi connectivity index (χ4n) is 0.864. The summed E-state index contributed by atoms with van der Waals surface area (Å²) in [6.45, 7) is 2.77. The zero-order valence-corrected chi connectivity index (χ0v) is 7.98. The van der Waals surface area contributed by atoms with Gasteiger partial charge in [0, 0.05) is 11.0 Å². The average Bonchev–Trinajstić information content (AvgIpc) is 1.98. The number of hydrogen-bond acceptors (Lipinski definition) is 2. The highest BCUT2D eigenvalue weighted by Gasteiger charge is 1.95. The summed E-state index contributed by atoms with van der Waals surface area (Å²) in [6, 6.07) is 6.19. The molecular weight excluding hydrogens is 204 g/mol. The standard InChI is InChI=1S/C8H11BrN2/c1-6-2-3-7(5-11-10)4-8(6)9/h2-4,11H,5,10H2,1H3. The minimum atomic E-state index is 0.707. The van der Waals surface area contributed by atoms with Crippen LogP contribution in [-0.2, 0) is 6.54 Å². The molecule has 60 valence electrons. The molecule has 0 aromatic heterocycles. The molecule has 1 aromatic rings. The number of rotatable bonds is 2. The van der Waals surface area contributed by atoms with Gasteiger partial charge >= 0.3 is 0 Å². The highest BCUT2D eigenvalue weighted by atomic mass is 79.9. The third kappa shape index (κ3) is 2.29. The van der Waals surface area contributed by atoms with E-state index in [1.54, 1.807) is 0 Å². The molecule has 0 aliphatic rings. The monoisotopic (exact) mass is 214 g/mol. The third-order valence-corrected chi connectivity index (χ3v) is 2.40. The van der Waals surface area contributed by atoms with E-state index < -0.39 is 0 Å². The van der Waals surface area contributed by atoms with Crippen LogP contribution in [0.4, 0.5) is 0 Å². The molecule has 3 heteroatoms. The second-order valence-corrected chi connectivity index (χ2v) is 3.32. The first-order valence-electron chi connectivity index (χ1n) is 3.42. The maximum atomic E-state index is 5.18. The van der Waals surface area contributed by atoms with Crippen molar-refractivity contribution in [3.8, 4) is 0 Å².